The smallest absolute Gasteiger partial charge is 0.362 e. The number of benzene rings is 2. The number of esters is 1. The highest BCUT2D eigenvalue weighted by molar-refractivity contribution is 6.66. The van der Waals surface area contributed by atoms with E-state index in [1.54, 1.807) is 0 Å². The predicted molar refractivity (Wildman–Crippen MR) is 101 cm³/mol. The number of methoxy groups -OCH3 is 1. The molecule has 2 aromatic carbocycles. The first-order valence-electron chi connectivity index (χ1n) is 8.15. The molecule has 2 aromatic rings. The number of fused-ring (bicyclic) bond motifs is 1. The van der Waals surface area contributed by atoms with Gasteiger partial charge in [0.1, 0.15) is 0 Å². The molecule has 0 fully saturated rings. The average Bonchev–Trinajstić information content (AvgIpc) is 2.82. The molecular formula is C20H19N3O3. The van der Waals surface area contributed by atoms with Crippen molar-refractivity contribution in [2.24, 2.45) is 15.1 Å². The van der Waals surface area contributed by atoms with Gasteiger partial charge >= 0.3 is 5.97 Å². The van der Waals surface area contributed by atoms with E-state index < -0.39 is 5.97 Å². The molecule has 0 amide bonds. The predicted octanol–water partition coefficient (Wildman–Crippen LogP) is 3.23. The molecule has 1 N–H and O–H groups in total. The summed E-state index contributed by atoms with van der Waals surface area (Å²) in [4.78, 5) is 21.1. The monoisotopic (exact) mass is 349 g/mol. The van der Waals surface area contributed by atoms with Crippen LogP contribution in [0.4, 0.5) is 5.69 Å². The Morgan fingerprint density at radius 3 is 2.62 bits per heavy atom. The highest BCUT2D eigenvalue weighted by atomic mass is 16.5. The summed E-state index contributed by atoms with van der Waals surface area (Å²) in [5.41, 5.74) is 5.51. The van der Waals surface area contributed by atoms with E-state index in [2.05, 4.69) is 19.9 Å². The van der Waals surface area contributed by atoms with Crippen molar-refractivity contribution in [2.75, 3.05) is 13.7 Å². The number of carbonyl (C=O) groups is 1. The standard InChI is InChI=1S/C20H19N3O3/c1-12-8-9-16-15(10-12)18(14-7-5-4-6-13(14)2)21-11-17(22-16)19(23-25)20(24)26-3/h4-10,25H,11H2,1-3H3/b23-19-. The highest BCUT2D eigenvalue weighted by Crippen LogP contribution is 2.28. The fourth-order valence-corrected chi connectivity index (χ4v) is 2.87. The van der Waals surface area contributed by atoms with Crippen LogP contribution in [-0.2, 0) is 9.53 Å². The molecule has 0 saturated carbocycles. The normalized spacial score (nSPS) is 14.0. The van der Waals surface area contributed by atoms with Crippen LogP contribution in [0.5, 0.6) is 0 Å². The number of nitrogens with zero attached hydrogens (tertiary/aromatic N) is 3. The fraction of sp³-hybridized carbons (Fsp3) is 0.200. The molecular weight excluding hydrogens is 330 g/mol. The summed E-state index contributed by atoms with van der Waals surface area (Å²) < 4.78 is 4.68. The summed E-state index contributed by atoms with van der Waals surface area (Å²) in [5, 5.41) is 12.3. The van der Waals surface area contributed by atoms with E-state index in [0.29, 0.717) is 5.69 Å². The van der Waals surface area contributed by atoms with Crippen molar-refractivity contribution >= 4 is 28.8 Å². The number of aryl methyl sites for hydroxylation is 2. The molecule has 132 valence electrons. The Labute approximate surface area is 151 Å². The molecule has 0 aromatic heterocycles. The van der Waals surface area contributed by atoms with Gasteiger partial charge in [-0.25, -0.2) is 9.79 Å². The number of ether oxygens (including phenoxy) is 1. The van der Waals surface area contributed by atoms with Gasteiger partial charge < -0.3 is 9.94 Å². The van der Waals surface area contributed by atoms with Crippen LogP contribution in [0.2, 0.25) is 0 Å². The lowest BCUT2D eigenvalue weighted by Gasteiger charge is -2.11. The quantitative estimate of drug-likeness (QED) is 0.400. The molecule has 1 heterocycles. The number of carbonyl (C=O) groups excluding carboxylic acids is 1. The molecule has 6 nitrogen and oxygen atoms in total. The zero-order valence-electron chi connectivity index (χ0n) is 14.9. The summed E-state index contributed by atoms with van der Waals surface area (Å²) >= 11 is 0. The third-order valence-corrected chi connectivity index (χ3v) is 4.20. The number of oxime groups is 1. The molecule has 1 aliphatic heterocycles. The SMILES string of the molecule is COC(=O)/C(=N\O)C1=Nc2ccc(C)cc2C(c2ccccc2C)=NC1. The fourth-order valence-electron chi connectivity index (χ4n) is 2.87. The molecule has 6 heteroatoms. The van der Waals surface area contributed by atoms with Crippen LogP contribution in [0.25, 0.3) is 0 Å². The van der Waals surface area contributed by atoms with Gasteiger partial charge in [-0.1, -0.05) is 41.1 Å². The lowest BCUT2D eigenvalue weighted by molar-refractivity contribution is -0.132. The van der Waals surface area contributed by atoms with Gasteiger partial charge in [0, 0.05) is 11.1 Å². The number of aliphatic imine (C=N–C) groups is 2. The molecule has 0 bridgehead atoms. The Hall–Kier alpha value is -3.28. The highest BCUT2D eigenvalue weighted by Gasteiger charge is 2.24. The second kappa shape index (κ2) is 7.31. The van der Waals surface area contributed by atoms with Crippen molar-refractivity contribution in [3.8, 4) is 0 Å². The molecule has 1 aliphatic rings. The minimum absolute atomic E-state index is 0.103. The van der Waals surface area contributed by atoms with Crippen LogP contribution >= 0.6 is 0 Å². The topological polar surface area (TPSA) is 83.6 Å². The Morgan fingerprint density at radius 2 is 1.92 bits per heavy atom. The molecule has 26 heavy (non-hydrogen) atoms. The molecule has 0 unspecified atom stereocenters. The molecule has 0 saturated heterocycles. The zero-order valence-corrected chi connectivity index (χ0v) is 14.9. The van der Waals surface area contributed by atoms with Crippen molar-refractivity contribution in [3.63, 3.8) is 0 Å². The van der Waals surface area contributed by atoms with E-state index in [1.807, 2.05) is 56.3 Å². The summed E-state index contributed by atoms with van der Waals surface area (Å²) in [6, 6.07) is 13.8. The number of hydrogen-bond acceptors (Lipinski definition) is 6. The summed E-state index contributed by atoms with van der Waals surface area (Å²) in [6.45, 7) is 4.13. The van der Waals surface area contributed by atoms with E-state index >= 15 is 0 Å². The number of rotatable bonds is 3. The largest absolute Gasteiger partial charge is 0.464 e. The second-order valence-corrected chi connectivity index (χ2v) is 6.00. The van der Waals surface area contributed by atoms with Crippen LogP contribution in [0.15, 0.2) is 57.6 Å². The maximum absolute atomic E-state index is 11.9. The number of hydrogen-bond donors (Lipinski definition) is 1. The van der Waals surface area contributed by atoms with Crippen molar-refractivity contribution in [1.29, 1.82) is 0 Å². The van der Waals surface area contributed by atoms with Crippen molar-refractivity contribution in [1.82, 2.24) is 0 Å². The van der Waals surface area contributed by atoms with Gasteiger partial charge in [0.15, 0.2) is 0 Å². The Morgan fingerprint density at radius 1 is 1.15 bits per heavy atom. The van der Waals surface area contributed by atoms with Crippen molar-refractivity contribution in [3.05, 3.63) is 64.7 Å². The average molecular weight is 349 g/mol. The van der Waals surface area contributed by atoms with Crippen LogP contribution in [0, 0.1) is 13.8 Å². The minimum atomic E-state index is -0.755. The van der Waals surface area contributed by atoms with Crippen LogP contribution in [0.1, 0.15) is 22.3 Å². The summed E-state index contributed by atoms with van der Waals surface area (Å²) in [6.07, 6.45) is 0. The Kier molecular flexibility index (Phi) is 4.93. The third kappa shape index (κ3) is 3.26. The van der Waals surface area contributed by atoms with Crippen LogP contribution < -0.4 is 0 Å². The first kappa shape index (κ1) is 17.5. The van der Waals surface area contributed by atoms with Gasteiger partial charge in [-0.2, -0.15) is 0 Å². The second-order valence-electron chi connectivity index (χ2n) is 6.00. The first-order valence-corrected chi connectivity index (χ1v) is 8.15. The zero-order chi connectivity index (χ0) is 18.7. The molecule has 0 spiro atoms. The summed E-state index contributed by atoms with van der Waals surface area (Å²) in [7, 11) is 1.23. The Bertz CT molecular complexity index is 959. The Balaban J connectivity index is 2.20. The summed E-state index contributed by atoms with van der Waals surface area (Å²) in [5.74, 6) is -0.755. The van der Waals surface area contributed by atoms with Crippen LogP contribution in [0.3, 0.4) is 0 Å². The molecule has 0 radical (unpaired) electrons. The van der Waals surface area contributed by atoms with Crippen molar-refractivity contribution in [2.45, 2.75) is 13.8 Å². The lowest BCUT2D eigenvalue weighted by atomic mass is 9.96. The lowest BCUT2D eigenvalue weighted by Crippen LogP contribution is -2.27. The maximum atomic E-state index is 11.9. The van der Waals surface area contributed by atoms with Gasteiger partial charge in [-0.15, -0.1) is 0 Å². The third-order valence-electron chi connectivity index (χ3n) is 4.20. The molecule has 0 aliphatic carbocycles. The van der Waals surface area contributed by atoms with E-state index in [0.717, 1.165) is 28.0 Å². The van der Waals surface area contributed by atoms with E-state index in [9.17, 15) is 10.0 Å². The van der Waals surface area contributed by atoms with Gasteiger partial charge in [0.25, 0.3) is 0 Å². The molecule has 0 atom stereocenters. The van der Waals surface area contributed by atoms with Gasteiger partial charge in [0.05, 0.1) is 30.8 Å². The van der Waals surface area contributed by atoms with Gasteiger partial charge in [0.2, 0.25) is 5.71 Å². The first-order chi connectivity index (χ1) is 12.5. The maximum Gasteiger partial charge on any atom is 0.362 e. The van der Waals surface area contributed by atoms with Crippen LogP contribution in [-0.4, -0.2) is 42.0 Å². The van der Waals surface area contributed by atoms with E-state index in [-0.39, 0.29) is 18.0 Å². The van der Waals surface area contributed by atoms with Gasteiger partial charge in [-0.3, -0.25) is 4.99 Å². The minimum Gasteiger partial charge on any atom is -0.464 e. The van der Waals surface area contributed by atoms with Crippen molar-refractivity contribution < 1.29 is 14.7 Å². The van der Waals surface area contributed by atoms with E-state index in [4.69, 9.17) is 0 Å². The molecule has 3 rings (SSSR count). The van der Waals surface area contributed by atoms with E-state index in [1.165, 1.54) is 7.11 Å². The van der Waals surface area contributed by atoms with Gasteiger partial charge in [-0.05, 0) is 31.5 Å².